The molecular formula is C21H25NO3S. The van der Waals surface area contributed by atoms with Crippen molar-refractivity contribution in [2.75, 3.05) is 17.7 Å². The number of nitrogens with one attached hydrogen (secondary N) is 1. The second-order valence-corrected chi connectivity index (χ2v) is 7.46. The number of benzene rings is 2. The van der Waals surface area contributed by atoms with Gasteiger partial charge < -0.3 is 14.8 Å². The summed E-state index contributed by atoms with van der Waals surface area (Å²) < 4.78 is 11.7. The van der Waals surface area contributed by atoms with E-state index < -0.39 is 0 Å². The Balaban J connectivity index is 1.51. The van der Waals surface area contributed by atoms with E-state index in [9.17, 15) is 4.79 Å². The maximum absolute atomic E-state index is 12.0. The number of anilines is 1. The molecule has 1 heterocycles. The minimum Gasteiger partial charge on any atom is -0.494 e. The van der Waals surface area contributed by atoms with E-state index in [0.717, 1.165) is 40.7 Å². The normalized spacial score (nSPS) is 15.2. The first kappa shape index (κ1) is 18.6. The monoisotopic (exact) mass is 371 g/mol. The molecule has 3 rings (SSSR count). The number of ether oxygens (including phenoxy) is 2. The van der Waals surface area contributed by atoms with Crippen LogP contribution in [0.5, 0.6) is 11.5 Å². The smallest absolute Gasteiger partial charge is 0.225 e. The first-order valence-corrected chi connectivity index (χ1v) is 10.2. The molecule has 138 valence electrons. The zero-order chi connectivity index (χ0) is 18.4. The van der Waals surface area contributed by atoms with Gasteiger partial charge in [-0.25, -0.2) is 0 Å². The molecule has 26 heavy (non-hydrogen) atoms. The zero-order valence-corrected chi connectivity index (χ0v) is 16.1. The molecule has 0 radical (unpaired) electrons. The average molecular weight is 372 g/mol. The molecule has 4 nitrogen and oxygen atoms in total. The zero-order valence-electron chi connectivity index (χ0n) is 15.3. The van der Waals surface area contributed by atoms with Crippen LogP contribution in [-0.4, -0.2) is 24.4 Å². The van der Waals surface area contributed by atoms with Crippen molar-refractivity contribution in [1.82, 2.24) is 0 Å². The molecule has 1 aliphatic heterocycles. The van der Waals surface area contributed by atoms with Gasteiger partial charge in [0.1, 0.15) is 17.6 Å². The van der Waals surface area contributed by atoms with E-state index in [2.05, 4.69) is 24.4 Å². The van der Waals surface area contributed by atoms with Gasteiger partial charge >= 0.3 is 0 Å². The van der Waals surface area contributed by atoms with E-state index >= 15 is 0 Å². The summed E-state index contributed by atoms with van der Waals surface area (Å²) in [5, 5.41) is 2.91. The van der Waals surface area contributed by atoms with Gasteiger partial charge in [0, 0.05) is 41.2 Å². The van der Waals surface area contributed by atoms with Crippen LogP contribution in [0.25, 0.3) is 0 Å². The predicted octanol–water partition coefficient (Wildman–Crippen LogP) is 4.67. The molecule has 1 amide bonds. The van der Waals surface area contributed by atoms with Crippen molar-refractivity contribution in [3.63, 3.8) is 0 Å². The molecule has 0 spiro atoms. The van der Waals surface area contributed by atoms with E-state index in [0.29, 0.717) is 13.0 Å². The van der Waals surface area contributed by atoms with E-state index in [1.165, 1.54) is 5.56 Å². The number of fused-ring (bicyclic) bond motifs is 1. The number of rotatable bonds is 8. The second-order valence-electron chi connectivity index (χ2n) is 6.35. The molecule has 0 bridgehead atoms. The molecule has 0 saturated carbocycles. The Kier molecular flexibility index (Phi) is 6.45. The largest absolute Gasteiger partial charge is 0.494 e. The minimum atomic E-state index is 0.0415. The summed E-state index contributed by atoms with van der Waals surface area (Å²) in [5.74, 6) is 3.51. The molecular weight excluding hydrogens is 346 g/mol. The molecule has 0 saturated heterocycles. The fourth-order valence-electron chi connectivity index (χ4n) is 2.98. The van der Waals surface area contributed by atoms with Crippen LogP contribution in [0.4, 0.5) is 5.69 Å². The van der Waals surface area contributed by atoms with Gasteiger partial charge in [0.15, 0.2) is 0 Å². The third kappa shape index (κ3) is 4.94. The Bertz CT molecular complexity index is 748. The van der Waals surface area contributed by atoms with Crippen molar-refractivity contribution in [3.05, 3.63) is 53.6 Å². The lowest BCUT2D eigenvalue weighted by atomic mass is 10.1. The molecule has 0 aromatic heterocycles. The van der Waals surface area contributed by atoms with Crippen molar-refractivity contribution in [1.29, 1.82) is 0 Å². The van der Waals surface area contributed by atoms with E-state index in [1.807, 2.05) is 37.3 Å². The average Bonchev–Trinajstić information content (AvgIpc) is 2.98. The molecule has 2 aromatic carbocycles. The predicted molar refractivity (Wildman–Crippen MR) is 107 cm³/mol. The first-order valence-electron chi connectivity index (χ1n) is 9.03. The second kappa shape index (κ2) is 8.99. The lowest BCUT2D eigenvalue weighted by Crippen LogP contribution is -2.12. The van der Waals surface area contributed by atoms with Crippen molar-refractivity contribution in [2.24, 2.45) is 0 Å². The molecule has 2 aromatic rings. The number of amides is 1. The van der Waals surface area contributed by atoms with Gasteiger partial charge in [-0.15, -0.1) is 0 Å². The van der Waals surface area contributed by atoms with Crippen LogP contribution in [0.1, 0.15) is 31.4 Å². The topological polar surface area (TPSA) is 47.6 Å². The van der Waals surface area contributed by atoms with E-state index in [1.54, 1.807) is 11.8 Å². The van der Waals surface area contributed by atoms with Gasteiger partial charge in [-0.1, -0.05) is 18.2 Å². The number of carbonyl (C=O) groups is 1. The highest BCUT2D eigenvalue weighted by Crippen LogP contribution is 2.36. The summed E-state index contributed by atoms with van der Waals surface area (Å²) in [7, 11) is 0. The molecule has 1 N–H and O–H groups in total. The Morgan fingerprint density at radius 3 is 2.88 bits per heavy atom. The van der Waals surface area contributed by atoms with Gasteiger partial charge in [-0.3, -0.25) is 4.79 Å². The van der Waals surface area contributed by atoms with Gasteiger partial charge in [0.25, 0.3) is 0 Å². The summed E-state index contributed by atoms with van der Waals surface area (Å²) in [4.78, 5) is 12.0. The highest BCUT2D eigenvalue weighted by atomic mass is 32.2. The number of thioether (sulfide) groups is 1. The lowest BCUT2D eigenvalue weighted by Gasteiger charge is -2.12. The van der Waals surface area contributed by atoms with Crippen molar-refractivity contribution >= 4 is 23.4 Å². The molecule has 0 aliphatic carbocycles. The third-order valence-corrected chi connectivity index (χ3v) is 5.18. The first-order chi connectivity index (χ1) is 12.7. The molecule has 1 atom stereocenters. The maximum Gasteiger partial charge on any atom is 0.225 e. The fraction of sp³-hybridized carbons (Fsp3) is 0.381. The van der Waals surface area contributed by atoms with Crippen molar-refractivity contribution in [3.8, 4) is 11.5 Å². The van der Waals surface area contributed by atoms with Gasteiger partial charge in [0.2, 0.25) is 5.91 Å². The Hall–Kier alpha value is -2.14. The number of hydrogen-bond acceptors (Lipinski definition) is 4. The standard InChI is InChI=1S/C21H25NO3S/c1-3-24-19-12-16-11-15(2)25-20(16)13-17(19)14-26-10-9-21(23)22-18-7-5-4-6-8-18/h4-8,12-13,15H,3,9-11,14H2,1-2H3,(H,22,23)/t15-/m1/s1. The van der Waals surface area contributed by atoms with Gasteiger partial charge in [0.05, 0.1) is 6.61 Å². The Labute approximate surface area is 159 Å². The van der Waals surface area contributed by atoms with Gasteiger partial charge in [-0.05, 0) is 38.1 Å². The van der Waals surface area contributed by atoms with Crippen LogP contribution in [0.2, 0.25) is 0 Å². The van der Waals surface area contributed by atoms with Crippen LogP contribution in [0.3, 0.4) is 0 Å². The number of hydrogen-bond donors (Lipinski definition) is 1. The van der Waals surface area contributed by atoms with E-state index in [4.69, 9.17) is 9.47 Å². The van der Waals surface area contributed by atoms with Gasteiger partial charge in [-0.2, -0.15) is 11.8 Å². The molecule has 0 unspecified atom stereocenters. The fourth-order valence-corrected chi connectivity index (χ4v) is 3.90. The van der Waals surface area contributed by atoms with Crippen molar-refractivity contribution in [2.45, 2.75) is 38.5 Å². The summed E-state index contributed by atoms with van der Waals surface area (Å²) in [6, 6.07) is 13.8. The Morgan fingerprint density at radius 2 is 2.12 bits per heavy atom. The van der Waals surface area contributed by atoms with Crippen LogP contribution in [0.15, 0.2) is 42.5 Å². The highest BCUT2D eigenvalue weighted by Gasteiger charge is 2.21. The quantitative estimate of drug-likeness (QED) is 0.685. The summed E-state index contributed by atoms with van der Waals surface area (Å²) in [6.45, 7) is 4.73. The molecule has 5 heteroatoms. The van der Waals surface area contributed by atoms with Crippen LogP contribution >= 0.6 is 11.8 Å². The lowest BCUT2D eigenvalue weighted by molar-refractivity contribution is -0.115. The van der Waals surface area contributed by atoms with E-state index in [-0.39, 0.29) is 12.0 Å². The summed E-state index contributed by atoms with van der Waals surface area (Å²) in [5.41, 5.74) is 3.19. The summed E-state index contributed by atoms with van der Waals surface area (Å²) in [6.07, 6.45) is 1.65. The van der Waals surface area contributed by atoms with Crippen molar-refractivity contribution < 1.29 is 14.3 Å². The number of para-hydroxylation sites is 1. The third-order valence-electron chi connectivity index (χ3n) is 4.17. The van der Waals surface area contributed by atoms with Crippen LogP contribution in [-0.2, 0) is 17.0 Å². The molecule has 1 aliphatic rings. The maximum atomic E-state index is 12.0. The van der Waals surface area contributed by atoms with Crippen LogP contribution < -0.4 is 14.8 Å². The highest BCUT2D eigenvalue weighted by molar-refractivity contribution is 7.98. The summed E-state index contributed by atoms with van der Waals surface area (Å²) >= 11 is 1.74. The SMILES string of the molecule is CCOc1cc2c(cc1CSCCC(=O)Nc1ccccc1)O[C@H](C)C2. The van der Waals surface area contributed by atoms with Crippen LogP contribution in [0, 0.1) is 0 Å². The minimum absolute atomic E-state index is 0.0415. The number of carbonyl (C=O) groups excluding carboxylic acids is 1. The Morgan fingerprint density at radius 1 is 1.31 bits per heavy atom. The molecule has 0 fully saturated rings.